The van der Waals surface area contributed by atoms with Crippen molar-refractivity contribution in [1.29, 1.82) is 0 Å². The molecule has 0 saturated carbocycles. The third-order valence-electron chi connectivity index (χ3n) is 4.00. The van der Waals surface area contributed by atoms with Crippen molar-refractivity contribution in [1.82, 2.24) is 15.0 Å². The summed E-state index contributed by atoms with van der Waals surface area (Å²) < 4.78 is 5.26. The molecule has 0 aliphatic carbocycles. The molecule has 118 valence electrons. The lowest BCUT2D eigenvalue weighted by molar-refractivity contribution is 0.415. The van der Waals surface area contributed by atoms with Crippen molar-refractivity contribution in [2.45, 2.75) is 26.7 Å². The highest BCUT2D eigenvalue weighted by Gasteiger charge is 2.19. The van der Waals surface area contributed by atoms with Crippen LogP contribution in [0.2, 0.25) is 0 Å². The number of methoxy groups -OCH3 is 1. The first-order chi connectivity index (χ1) is 11.0. The fourth-order valence-electron chi connectivity index (χ4n) is 3.01. The zero-order valence-electron chi connectivity index (χ0n) is 13.8. The fourth-order valence-corrected chi connectivity index (χ4v) is 3.01. The molecule has 0 atom stereocenters. The molecule has 0 radical (unpaired) electrons. The molecule has 0 saturated heterocycles. The smallest absolute Gasteiger partial charge is 0.165 e. The maximum atomic E-state index is 6.15. The summed E-state index contributed by atoms with van der Waals surface area (Å²) in [5.41, 5.74) is 11.0. The molecule has 0 fully saturated rings. The van der Waals surface area contributed by atoms with Crippen molar-refractivity contribution in [2.75, 3.05) is 12.8 Å². The van der Waals surface area contributed by atoms with E-state index in [1.54, 1.807) is 7.11 Å². The third-order valence-corrected chi connectivity index (χ3v) is 4.00. The van der Waals surface area contributed by atoms with E-state index in [2.05, 4.69) is 28.8 Å². The van der Waals surface area contributed by atoms with Gasteiger partial charge in [-0.1, -0.05) is 26.0 Å². The predicted molar refractivity (Wildman–Crippen MR) is 92.6 cm³/mol. The molecule has 3 rings (SSSR count). The number of fused-ring (bicyclic) bond motifs is 1. The SMILES string of the molecule is COc1ccc(-c2c(C(C)C)c(C)nc3ncnc(N)c23)cc1. The van der Waals surface area contributed by atoms with Crippen LogP contribution in [0.25, 0.3) is 22.2 Å². The summed E-state index contributed by atoms with van der Waals surface area (Å²) in [6.45, 7) is 6.33. The van der Waals surface area contributed by atoms with Crippen molar-refractivity contribution in [3.8, 4) is 16.9 Å². The lowest BCUT2D eigenvalue weighted by Crippen LogP contribution is -2.05. The summed E-state index contributed by atoms with van der Waals surface area (Å²) in [5.74, 6) is 1.58. The average molecular weight is 308 g/mol. The minimum atomic E-state index is 0.309. The molecular formula is C18H20N4O. The predicted octanol–water partition coefficient (Wildman–Crippen LogP) is 3.71. The highest BCUT2D eigenvalue weighted by Crippen LogP contribution is 2.38. The minimum Gasteiger partial charge on any atom is -0.497 e. The Hall–Kier alpha value is -2.69. The highest BCUT2D eigenvalue weighted by molar-refractivity contribution is 6.01. The van der Waals surface area contributed by atoms with E-state index in [-0.39, 0.29) is 0 Å². The number of rotatable bonds is 3. The molecule has 2 N–H and O–H groups in total. The van der Waals surface area contributed by atoms with Crippen LogP contribution in [0.15, 0.2) is 30.6 Å². The maximum Gasteiger partial charge on any atom is 0.165 e. The van der Waals surface area contributed by atoms with E-state index in [0.717, 1.165) is 28.0 Å². The molecular weight excluding hydrogens is 288 g/mol. The van der Waals surface area contributed by atoms with Gasteiger partial charge >= 0.3 is 0 Å². The van der Waals surface area contributed by atoms with Gasteiger partial charge in [0.05, 0.1) is 12.5 Å². The summed E-state index contributed by atoms with van der Waals surface area (Å²) in [6, 6.07) is 7.96. The molecule has 2 heterocycles. The van der Waals surface area contributed by atoms with E-state index < -0.39 is 0 Å². The monoisotopic (exact) mass is 308 g/mol. The number of benzene rings is 1. The fraction of sp³-hybridized carbons (Fsp3) is 0.278. The standard InChI is InChI=1S/C18H20N4O/c1-10(2)14-11(3)22-18-16(17(19)20-9-21-18)15(14)12-5-7-13(23-4)8-6-12/h5-10H,1-4H3,(H2,19,20,21,22). The Morgan fingerprint density at radius 1 is 1.09 bits per heavy atom. The Morgan fingerprint density at radius 3 is 2.39 bits per heavy atom. The van der Waals surface area contributed by atoms with Gasteiger partial charge in [-0.2, -0.15) is 0 Å². The van der Waals surface area contributed by atoms with Crippen molar-refractivity contribution in [3.63, 3.8) is 0 Å². The summed E-state index contributed by atoms with van der Waals surface area (Å²) in [6.07, 6.45) is 1.46. The van der Waals surface area contributed by atoms with Crippen LogP contribution < -0.4 is 10.5 Å². The number of anilines is 1. The molecule has 2 aromatic heterocycles. The number of ether oxygens (including phenoxy) is 1. The van der Waals surface area contributed by atoms with E-state index in [1.807, 2.05) is 31.2 Å². The van der Waals surface area contributed by atoms with Gasteiger partial charge in [0, 0.05) is 11.3 Å². The second kappa shape index (κ2) is 5.83. The summed E-state index contributed by atoms with van der Waals surface area (Å²) in [5, 5.41) is 0.812. The number of nitrogens with two attached hydrogens (primary N) is 1. The Bertz CT molecular complexity index is 857. The first-order valence-electron chi connectivity index (χ1n) is 7.58. The number of pyridine rings is 1. The van der Waals surface area contributed by atoms with Gasteiger partial charge < -0.3 is 10.5 Å². The Balaban J connectivity index is 2.41. The molecule has 5 nitrogen and oxygen atoms in total. The van der Waals surface area contributed by atoms with Crippen LogP contribution in [0.3, 0.4) is 0 Å². The zero-order valence-corrected chi connectivity index (χ0v) is 13.8. The normalized spacial score (nSPS) is 11.2. The quantitative estimate of drug-likeness (QED) is 0.798. The summed E-state index contributed by atoms with van der Waals surface area (Å²) in [7, 11) is 1.66. The molecule has 0 aliphatic heterocycles. The van der Waals surface area contributed by atoms with E-state index in [1.165, 1.54) is 11.9 Å². The van der Waals surface area contributed by atoms with Crippen molar-refractivity contribution in [3.05, 3.63) is 41.9 Å². The van der Waals surface area contributed by atoms with Crippen LogP contribution in [0.4, 0.5) is 5.82 Å². The van der Waals surface area contributed by atoms with Crippen LogP contribution in [0, 0.1) is 6.92 Å². The van der Waals surface area contributed by atoms with Gasteiger partial charge in [0.25, 0.3) is 0 Å². The number of nitrogen functional groups attached to an aromatic ring is 1. The molecule has 0 bridgehead atoms. The van der Waals surface area contributed by atoms with Crippen molar-refractivity contribution in [2.24, 2.45) is 0 Å². The zero-order chi connectivity index (χ0) is 16.6. The van der Waals surface area contributed by atoms with Gasteiger partial charge in [-0.15, -0.1) is 0 Å². The first-order valence-corrected chi connectivity index (χ1v) is 7.58. The van der Waals surface area contributed by atoms with Crippen LogP contribution in [0.1, 0.15) is 31.0 Å². The molecule has 1 aromatic carbocycles. The van der Waals surface area contributed by atoms with Crippen LogP contribution >= 0.6 is 0 Å². The number of hydrogen-bond acceptors (Lipinski definition) is 5. The maximum absolute atomic E-state index is 6.15. The number of hydrogen-bond donors (Lipinski definition) is 1. The van der Waals surface area contributed by atoms with Gasteiger partial charge in [0.2, 0.25) is 0 Å². The van der Waals surface area contributed by atoms with E-state index >= 15 is 0 Å². The van der Waals surface area contributed by atoms with E-state index in [0.29, 0.717) is 17.4 Å². The van der Waals surface area contributed by atoms with Gasteiger partial charge in [-0.25, -0.2) is 15.0 Å². The highest BCUT2D eigenvalue weighted by atomic mass is 16.5. The molecule has 0 unspecified atom stereocenters. The van der Waals surface area contributed by atoms with Crippen LogP contribution in [0.5, 0.6) is 5.75 Å². The molecule has 5 heteroatoms. The van der Waals surface area contributed by atoms with Gasteiger partial charge in [0.15, 0.2) is 5.65 Å². The van der Waals surface area contributed by atoms with Gasteiger partial charge in [0.1, 0.15) is 17.9 Å². The number of nitrogens with zero attached hydrogens (tertiary/aromatic N) is 3. The minimum absolute atomic E-state index is 0.309. The molecule has 0 aliphatic rings. The van der Waals surface area contributed by atoms with Crippen molar-refractivity contribution < 1.29 is 4.74 Å². The van der Waals surface area contributed by atoms with Gasteiger partial charge in [-0.3, -0.25) is 0 Å². The van der Waals surface area contributed by atoms with E-state index in [4.69, 9.17) is 10.5 Å². The largest absolute Gasteiger partial charge is 0.497 e. The molecule has 0 amide bonds. The summed E-state index contributed by atoms with van der Waals surface area (Å²) >= 11 is 0. The van der Waals surface area contributed by atoms with E-state index in [9.17, 15) is 0 Å². The Labute approximate surface area is 135 Å². The lowest BCUT2D eigenvalue weighted by Gasteiger charge is -2.18. The lowest BCUT2D eigenvalue weighted by atomic mass is 9.89. The molecule has 0 spiro atoms. The number of aryl methyl sites for hydroxylation is 1. The van der Waals surface area contributed by atoms with Crippen LogP contribution in [-0.2, 0) is 0 Å². The summed E-state index contributed by atoms with van der Waals surface area (Å²) in [4.78, 5) is 13.1. The van der Waals surface area contributed by atoms with Crippen molar-refractivity contribution >= 4 is 16.9 Å². The van der Waals surface area contributed by atoms with Crippen LogP contribution in [-0.4, -0.2) is 22.1 Å². The third kappa shape index (κ3) is 2.59. The second-order valence-corrected chi connectivity index (χ2v) is 5.83. The molecule has 3 aromatic rings. The second-order valence-electron chi connectivity index (χ2n) is 5.83. The van der Waals surface area contributed by atoms with Gasteiger partial charge in [-0.05, 0) is 36.1 Å². The topological polar surface area (TPSA) is 73.9 Å². The average Bonchev–Trinajstić information content (AvgIpc) is 2.53. The molecule has 23 heavy (non-hydrogen) atoms. The Morgan fingerprint density at radius 2 is 1.78 bits per heavy atom. The number of aromatic nitrogens is 3. The first kappa shape index (κ1) is 15.2. The Kier molecular flexibility index (Phi) is 3.86.